The zero-order chi connectivity index (χ0) is 20.9. The molecule has 0 saturated heterocycles. The second-order valence-electron chi connectivity index (χ2n) is 6.19. The molecule has 1 amide bonds. The Hall–Kier alpha value is -4.14. The molecule has 9 nitrogen and oxygen atoms in total. The summed E-state index contributed by atoms with van der Waals surface area (Å²) in [5.74, 6) is 0.938. The summed E-state index contributed by atoms with van der Waals surface area (Å²) in [6.45, 7) is -0.273. The first-order valence-corrected chi connectivity index (χ1v) is 8.99. The molecule has 2 heterocycles. The maximum absolute atomic E-state index is 12.4. The molecule has 0 bridgehead atoms. The lowest BCUT2D eigenvalue weighted by atomic mass is 10.1. The molecule has 152 valence electrons. The highest BCUT2D eigenvalue weighted by molar-refractivity contribution is 5.95. The van der Waals surface area contributed by atoms with E-state index in [1.54, 1.807) is 18.2 Å². The van der Waals surface area contributed by atoms with Gasteiger partial charge in [0, 0.05) is 29.4 Å². The van der Waals surface area contributed by atoms with Crippen LogP contribution >= 0.6 is 0 Å². The topological polar surface area (TPSA) is 109 Å². The minimum Gasteiger partial charge on any atom is -0.497 e. The Bertz CT molecular complexity index is 1150. The van der Waals surface area contributed by atoms with Gasteiger partial charge in [-0.25, -0.2) is 4.98 Å². The number of hydrogen-bond acceptors (Lipinski definition) is 8. The van der Waals surface area contributed by atoms with Gasteiger partial charge in [0.05, 0.1) is 14.2 Å². The molecular formula is C21H18N4O5. The lowest BCUT2D eigenvalue weighted by molar-refractivity contribution is -0.118. The number of hydrogen-bond donors (Lipinski definition) is 1. The van der Waals surface area contributed by atoms with Crippen LogP contribution in [0.4, 0.5) is 5.69 Å². The molecule has 0 aliphatic heterocycles. The quantitative estimate of drug-likeness (QED) is 0.498. The van der Waals surface area contributed by atoms with Gasteiger partial charge in [-0.05, 0) is 0 Å². The van der Waals surface area contributed by atoms with Crippen LogP contribution in [-0.2, 0) is 4.79 Å². The normalized spacial score (nSPS) is 10.6. The molecule has 1 N–H and O–H groups in total. The highest BCUT2D eigenvalue weighted by Crippen LogP contribution is 2.32. The molecule has 0 atom stereocenters. The van der Waals surface area contributed by atoms with Crippen LogP contribution in [0.15, 0.2) is 59.4 Å². The fraction of sp³-hybridized carbons (Fsp3) is 0.143. The second kappa shape index (κ2) is 8.48. The van der Waals surface area contributed by atoms with Crippen molar-refractivity contribution in [2.24, 2.45) is 0 Å². The van der Waals surface area contributed by atoms with Crippen molar-refractivity contribution >= 4 is 22.7 Å². The molecule has 4 rings (SSSR count). The summed E-state index contributed by atoms with van der Waals surface area (Å²) >= 11 is 0. The van der Waals surface area contributed by atoms with Crippen molar-refractivity contribution in [1.29, 1.82) is 0 Å². The van der Waals surface area contributed by atoms with Crippen molar-refractivity contribution in [1.82, 2.24) is 15.1 Å². The number of benzene rings is 2. The van der Waals surface area contributed by atoms with E-state index in [1.807, 2.05) is 30.3 Å². The minimum atomic E-state index is -0.380. The van der Waals surface area contributed by atoms with Gasteiger partial charge in [-0.1, -0.05) is 35.5 Å². The molecule has 0 spiro atoms. The van der Waals surface area contributed by atoms with Crippen molar-refractivity contribution in [3.05, 3.63) is 54.9 Å². The van der Waals surface area contributed by atoms with Crippen LogP contribution < -0.4 is 19.5 Å². The molecule has 0 fully saturated rings. The molecule has 0 aliphatic rings. The first-order chi connectivity index (χ1) is 14.7. The Kier molecular flexibility index (Phi) is 5.42. The second-order valence-corrected chi connectivity index (χ2v) is 6.19. The number of rotatable bonds is 7. The van der Waals surface area contributed by atoms with Crippen molar-refractivity contribution in [3.8, 4) is 28.6 Å². The Labute approximate surface area is 171 Å². The number of ether oxygens (including phenoxy) is 3. The van der Waals surface area contributed by atoms with Gasteiger partial charge in [0.25, 0.3) is 11.6 Å². The van der Waals surface area contributed by atoms with E-state index in [2.05, 4.69) is 20.4 Å². The third-order valence-corrected chi connectivity index (χ3v) is 4.26. The number of anilines is 1. The molecule has 30 heavy (non-hydrogen) atoms. The molecular weight excluding hydrogens is 388 g/mol. The number of amides is 1. The van der Waals surface area contributed by atoms with Crippen molar-refractivity contribution in [2.45, 2.75) is 0 Å². The van der Waals surface area contributed by atoms with E-state index < -0.39 is 0 Å². The number of nitrogens with one attached hydrogen (secondary N) is 1. The molecule has 2 aromatic carbocycles. The van der Waals surface area contributed by atoms with Crippen LogP contribution in [0.3, 0.4) is 0 Å². The fourth-order valence-corrected chi connectivity index (χ4v) is 2.87. The van der Waals surface area contributed by atoms with Crippen LogP contribution in [0.1, 0.15) is 0 Å². The predicted octanol–water partition coefficient (Wildman–Crippen LogP) is 3.32. The van der Waals surface area contributed by atoms with Gasteiger partial charge in [-0.3, -0.25) is 4.79 Å². The van der Waals surface area contributed by atoms with E-state index >= 15 is 0 Å². The van der Waals surface area contributed by atoms with Gasteiger partial charge in [0.15, 0.2) is 6.61 Å². The Morgan fingerprint density at radius 3 is 2.47 bits per heavy atom. The third-order valence-electron chi connectivity index (χ3n) is 4.26. The molecule has 0 unspecified atom stereocenters. The molecule has 0 aliphatic carbocycles. The van der Waals surface area contributed by atoms with Crippen LogP contribution in [0.25, 0.3) is 22.4 Å². The van der Waals surface area contributed by atoms with Gasteiger partial charge in [-0.15, -0.1) is 0 Å². The highest BCUT2D eigenvalue weighted by Gasteiger charge is 2.18. The lowest BCUT2D eigenvalue weighted by Gasteiger charge is -2.10. The SMILES string of the molecule is COc1cc(NC(=O)COc2ncnc3onc(-c4ccccc4)c23)cc(OC)c1. The van der Waals surface area contributed by atoms with E-state index in [-0.39, 0.29) is 24.1 Å². The first kappa shape index (κ1) is 19.2. The standard InChI is InChI=1S/C21H18N4O5/c1-27-15-8-14(9-16(10-15)28-2)24-17(26)11-29-20-18-19(13-6-4-3-5-7-13)25-30-21(18)23-12-22-20/h3-10,12H,11H2,1-2H3,(H,24,26). The summed E-state index contributed by atoms with van der Waals surface area (Å²) in [5, 5.41) is 7.32. The van der Waals surface area contributed by atoms with Crippen LogP contribution in [0, 0.1) is 0 Å². The van der Waals surface area contributed by atoms with E-state index in [9.17, 15) is 4.79 Å². The zero-order valence-corrected chi connectivity index (χ0v) is 16.3. The summed E-state index contributed by atoms with van der Waals surface area (Å²) in [4.78, 5) is 20.6. The van der Waals surface area contributed by atoms with E-state index in [0.29, 0.717) is 28.3 Å². The number of carbonyl (C=O) groups is 1. The third kappa shape index (κ3) is 4.00. The van der Waals surface area contributed by atoms with Gasteiger partial charge in [0.2, 0.25) is 5.88 Å². The van der Waals surface area contributed by atoms with E-state index in [1.165, 1.54) is 20.5 Å². The molecule has 0 radical (unpaired) electrons. The smallest absolute Gasteiger partial charge is 0.265 e. The first-order valence-electron chi connectivity index (χ1n) is 8.99. The summed E-state index contributed by atoms with van der Waals surface area (Å²) in [5.41, 5.74) is 2.15. The Morgan fingerprint density at radius 1 is 1.03 bits per heavy atom. The van der Waals surface area contributed by atoms with E-state index in [0.717, 1.165) is 5.56 Å². The van der Waals surface area contributed by atoms with Crippen molar-refractivity contribution < 1.29 is 23.5 Å². The van der Waals surface area contributed by atoms with Gasteiger partial charge in [-0.2, -0.15) is 4.98 Å². The largest absolute Gasteiger partial charge is 0.497 e. The number of carbonyl (C=O) groups excluding carboxylic acids is 1. The van der Waals surface area contributed by atoms with Gasteiger partial charge in [0.1, 0.15) is 28.9 Å². The van der Waals surface area contributed by atoms with Gasteiger partial charge < -0.3 is 24.1 Å². The monoisotopic (exact) mass is 406 g/mol. The Morgan fingerprint density at radius 2 is 1.77 bits per heavy atom. The maximum atomic E-state index is 12.4. The van der Waals surface area contributed by atoms with Gasteiger partial charge >= 0.3 is 0 Å². The van der Waals surface area contributed by atoms with Crippen LogP contribution in [0.2, 0.25) is 0 Å². The summed E-state index contributed by atoms with van der Waals surface area (Å²) < 4.78 is 21.4. The summed E-state index contributed by atoms with van der Waals surface area (Å²) in [6.07, 6.45) is 1.29. The maximum Gasteiger partial charge on any atom is 0.265 e. The van der Waals surface area contributed by atoms with Crippen molar-refractivity contribution in [2.75, 3.05) is 26.1 Å². The summed E-state index contributed by atoms with van der Waals surface area (Å²) in [7, 11) is 3.07. The zero-order valence-electron chi connectivity index (χ0n) is 16.3. The minimum absolute atomic E-state index is 0.207. The molecule has 9 heteroatoms. The fourth-order valence-electron chi connectivity index (χ4n) is 2.87. The highest BCUT2D eigenvalue weighted by atomic mass is 16.5. The molecule has 4 aromatic rings. The lowest BCUT2D eigenvalue weighted by Crippen LogP contribution is -2.20. The van der Waals surface area contributed by atoms with E-state index in [4.69, 9.17) is 18.7 Å². The molecule has 2 aromatic heterocycles. The predicted molar refractivity (Wildman–Crippen MR) is 109 cm³/mol. The molecule has 0 saturated carbocycles. The average molecular weight is 406 g/mol. The number of methoxy groups -OCH3 is 2. The number of aromatic nitrogens is 3. The van der Waals surface area contributed by atoms with Crippen LogP contribution in [-0.4, -0.2) is 41.9 Å². The summed E-state index contributed by atoms with van der Waals surface area (Å²) in [6, 6.07) is 14.5. The Balaban J connectivity index is 1.53. The number of fused-ring (bicyclic) bond motifs is 1. The number of nitrogens with zero attached hydrogens (tertiary/aromatic N) is 3. The van der Waals surface area contributed by atoms with Crippen LogP contribution in [0.5, 0.6) is 17.4 Å². The average Bonchev–Trinajstić information content (AvgIpc) is 3.23. The van der Waals surface area contributed by atoms with Crippen molar-refractivity contribution in [3.63, 3.8) is 0 Å².